The fraction of sp³-hybridized carbons (Fsp3) is 0.667. The van der Waals surface area contributed by atoms with E-state index in [2.05, 4.69) is 5.32 Å². The highest BCUT2D eigenvalue weighted by Crippen LogP contribution is 2.02. The van der Waals surface area contributed by atoms with Gasteiger partial charge in [0.2, 0.25) is 5.91 Å². The SMILES string of the molecule is CC/C=C(/NC(C)=O)C(C)OC. The van der Waals surface area contributed by atoms with Crippen molar-refractivity contribution in [3.05, 3.63) is 11.8 Å². The number of carbonyl (C=O) groups excluding carboxylic acids is 1. The van der Waals surface area contributed by atoms with Crippen LogP contribution in [0.2, 0.25) is 0 Å². The molecule has 0 radical (unpaired) electrons. The van der Waals surface area contributed by atoms with Crippen LogP contribution in [0.1, 0.15) is 27.2 Å². The molecular formula is C9H17NO2. The van der Waals surface area contributed by atoms with Crippen molar-refractivity contribution in [1.29, 1.82) is 0 Å². The van der Waals surface area contributed by atoms with Crippen LogP contribution in [0.25, 0.3) is 0 Å². The lowest BCUT2D eigenvalue weighted by Crippen LogP contribution is -2.27. The maximum absolute atomic E-state index is 10.7. The van der Waals surface area contributed by atoms with E-state index in [-0.39, 0.29) is 12.0 Å². The zero-order chi connectivity index (χ0) is 9.56. The third-order valence-corrected chi connectivity index (χ3v) is 1.54. The topological polar surface area (TPSA) is 38.3 Å². The lowest BCUT2D eigenvalue weighted by Gasteiger charge is -2.14. The number of methoxy groups -OCH3 is 1. The number of allylic oxidation sites excluding steroid dienone is 1. The van der Waals surface area contributed by atoms with E-state index < -0.39 is 0 Å². The molecule has 0 rings (SSSR count). The summed E-state index contributed by atoms with van der Waals surface area (Å²) < 4.78 is 5.08. The van der Waals surface area contributed by atoms with Gasteiger partial charge in [0.1, 0.15) is 0 Å². The Balaban J connectivity index is 4.23. The average Bonchev–Trinajstić information content (AvgIpc) is 2.01. The minimum Gasteiger partial charge on any atom is -0.376 e. The molecule has 1 atom stereocenters. The molecule has 3 nitrogen and oxygen atoms in total. The number of hydrogen-bond acceptors (Lipinski definition) is 2. The number of ether oxygens (including phenoxy) is 1. The molecule has 1 unspecified atom stereocenters. The monoisotopic (exact) mass is 171 g/mol. The molecule has 1 N–H and O–H groups in total. The summed E-state index contributed by atoms with van der Waals surface area (Å²) >= 11 is 0. The van der Waals surface area contributed by atoms with Gasteiger partial charge in [0, 0.05) is 19.7 Å². The highest BCUT2D eigenvalue weighted by atomic mass is 16.5. The normalized spacial score (nSPS) is 14.2. The zero-order valence-corrected chi connectivity index (χ0v) is 8.18. The van der Waals surface area contributed by atoms with E-state index in [1.54, 1.807) is 7.11 Å². The van der Waals surface area contributed by atoms with E-state index in [1.165, 1.54) is 6.92 Å². The van der Waals surface area contributed by atoms with E-state index in [0.717, 1.165) is 12.1 Å². The summed E-state index contributed by atoms with van der Waals surface area (Å²) in [5.74, 6) is -0.0569. The Bertz CT molecular complexity index is 175. The summed E-state index contributed by atoms with van der Waals surface area (Å²) in [6.45, 7) is 5.41. The van der Waals surface area contributed by atoms with Gasteiger partial charge in [-0.2, -0.15) is 0 Å². The summed E-state index contributed by atoms with van der Waals surface area (Å²) in [4.78, 5) is 10.7. The molecule has 3 heteroatoms. The molecular weight excluding hydrogens is 154 g/mol. The van der Waals surface area contributed by atoms with Crippen molar-refractivity contribution in [2.24, 2.45) is 0 Å². The highest BCUT2D eigenvalue weighted by Gasteiger charge is 2.07. The Hall–Kier alpha value is -0.830. The maximum Gasteiger partial charge on any atom is 0.221 e. The first kappa shape index (κ1) is 11.2. The second-order valence-corrected chi connectivity index (χ2v) is 2.63. The largest absolute Gasteiger partial charge is 0.376 e. The molecule has 0 spiro atoms. The molecule has 0 aliphatic carbocycles. The standard InChI is InChI=1S/C9H17NO2/c1-5-6-9(7(2)12-4)10-8(3)11/h6-7H,5H2,1-4H3,(H,10,11)/b9-6+. The van der Waals surface area contributed by atoms with Gasteiger partial charge in [-0.15, -0.1) is 0 Å². The van der Waals surface area contributed by atoms with Crippen molar-refractivity contribution >= 4 is 5.91 Å². The number of rotatable bonds is 4. The molecule has 1 amide bonds. The summed E-state index contributed by atoms with van der Waals surface area (Å²) in [5, 5.41) is 2.73. The van der Waals surface area contributed by atoms with Crippen LogP contribution in [0, 0.1) is 0 Å². The number of hydrogen-bond donors (Lipinski definition) is 1. The minimum atomic E-state index is -0.0569. The number of amides is 1. The van der Waals surface area contributed by atoms with Gasteiger partial charge in [-0.3, -0.25) is 4.79 Å². The third kappa shape index (κ3) is 4.13. The first-order valence-corrected chi connectivity index (χ1v) is 4.12. The predicted octanol–water partition coefficient (Wildman–Crippen LogP) is 1.45. The van der Waals surface area contributed by atoms with Gasteiger partial charge in [0.15, 0.2) is 0 Å². The molecule has 70 valence electrons. The summed E-state index contributed by atoms with van der Waals surface area (Å²) in [5.41, 5.74) is 0.840. The zero-order valence-electron chi connectivity index (χ0n) is 8.18. The molecule has 0 saturated carbocycles. The van der Waals surface area contributed by atoms with Crippen LogP contribution in [-0.4, -0.2) is 19.1 Å². The molecule has 0 bridgehead atoms. The number of nitrogens with one attached hydrogen (secondary N) is 1. The molecule has 0 heterocycles. The molecule has 0 saturated heterocycles. The van der Waals surface area contributed by atoms with E-state index in [9.17, 15) is 4.79 Å². The first-order chi connectivity index (χ1) is 5.61. The van der Waals surface area contributed by atoms with Gasteiger partial charge in [-0.1, -0.05) is 13.0 Å². The fourth-order valence-electron chi connectivity index (χ4n) is 0.869. The van der Waals surface area contributed by atoms with Crippen LogP contribution >= 0.6 is 0 Å². The molecule has 0 aromatic heterocycles. The van der Waals surface area contributed by atoms with Crippen LogP contribution in [0.4, 0.5) is 0 Å². The van der Waals surface area contributed by atoms with Gasteiger partial charge < -0.3 is 10.1 Å². The van der Waals surface area contributed by atoms with Crippen molar-refractivity contribution in [2.45, 2.75) is 33.3 Å². The van der Waals surface area contributed by atoms with Crippen LogP contribution < -0.4 is 5.32 Å². The maximum atomic E-state index is 10.7. The lowest BCUT2D eigenvalue weighted by molar-refractivity contribution is -0.118. The van der Waals surface area contributed by atoms with Crippen molar-refractivity contribution in [2.75, 3.05) is 7.11 Å². The van der Waals surface area contributed by atoms with E-state index in [4.69, 9.17) is 4.74 Å². The average molecular weight is 171 g/mol. The molecule has 0 aliphatic heterocycles. The quantitative estimate of drug-likeness (QED) is 0.695. The molecule has 0 aromatic carbocycles. The van der Waals surface area contributed by atoms with Gasteiger partial charge in [-0.25, -0.2) is 0 Å². The van der Waals surface area contributed by atoms with Crippen molar-refractivity contribution < 1.29 is 9.53 Å². The van der Waals surface area contributed by atoms with E-state index in [1.807, 2.05) is 19.9 Å². The molecule has 12 heavy (non-hydrogen) atoms. The predicted molar refractivity (Wildman–Crippen MR) is 48.7 cm³/mol. The summed E-state index contributed by atoms with van der Waals surface area (Å²) in [6, 6.07) is 0. The fourth-order valence-corrected chi connectivity index (χ4v) is 0.869. The lowest BCUT2D eigenvalue weighted by atomic mass is 10.2. The molecule has 0 fully saturated rings. The Labute approximate surface area is 73.8 Å². The van der Waals surface area contributed by atoms with Crippen molar-refractivity contribution in [1.82, 2.24) is 5.32 Å². The highest BCUT2D eigenvalue weighted by molar-refractivity contribution is 5.75. The molecule has 0 aromatic rings. The van der Waals surface area contributed by atoms with Crippen LogP contribution in [0.15, 0.2) is 11.8 Å². The van der Waals surface area contributed by atoms with Gasteiger partial charge in [0.25, 0.3) is 0 Å². The molecule has 0 aliphatic rings. The second-order valence-electron chi connectivity index (χ2n) is 2.63. The van der Waals surface area contributed by atoms with Crippen molar-refractivity contribution in [3.63, 3.8) is 0 Å². The van der Waals surface area contributed by atoms with Gasteiger partial charge in [-0.05, 0) is 13.3 Å². The summed E-state index contributed by atoms with van der Waals surface area (Å²) in [6.07, 6.45) is 2.80. The summed E-state index contributed by atoms with van der Waals surface area (Å²) in [7, 11) is 1.62. The Morgan fingerprint density at radius 3 is 2.58 bits per heavy atom. The second kappa shape index (κ2) is 5.77. The minimum absolute atomic E-state index is 0.0474. The van der Waals surface area contributed by atoms with Gasteiger partial charge >= 0.3 is 0 Å². The Kier molecular flexibility index (Phi) is 5.37. The van der Waals surface area contributed by atoms with E-state index in [0.29, 0.717) is 0 Å². The smallest absolute Gasteiger partial charge is 0.221 e. The first-order valence-electron chi connectivity index (χ1n) is 4.12. The van der Waals surface area contributed by atoms with Crippen LogP contribution in [-0.2, 0) is 9.53 Å². The van der Waals surface area contributed by atoms with E-state index >= 15 is 0 Å². The van der Waals surface area contributed by atoms with Crippen LogP contribution in [0.3, 0.4) is 0 Å². The van der Waals surface area contributed by atoms with Crippen molar-refractivity contribution in [3.8, 4) is 0 Å². The Morgan fingerprint density at radius 1 is 1.67 bits per heavy atom. The number of carbonyl (C=O) groups is 1. The van der Waals surface area contributed by atoms with Crippen LogP contribution in [0.5, 0.6) is 0 Å². The third-order valence-electron chi connectivity index (χ3n) is 1.54. The van der Waals surface area contributed by atoms with Gasteiger partial charge in [0.05, 0.1) is 6.10 Å². The Morgan fingerprint density at radius 2 is 2.25 bits per heavy atom.